The van der Waals surface area contributed by atoms with Gasteiger partial charge in [0.05, 0.1) is 0 Å². The quantitative estimate of drug-likeness (QED) is 0.470. The molecule has 4 nitrogen and oxygen atoms in total. The number of rotatable bonds is 1. The van der Waals surface area contributed by atoms with Gasteiger partial charge in [-0.1, -0.05) is 24.3 Å². The molecule has 6 heteroatoms. The molecule has 0 unspecified atom stereocenters. The third-order valence-corrected chi connectivity index (χ3v) is 4.41. The lowest BCUT2D eigenvalue weighted by Gasteiger charge is -2.08. The first kappa shape index (κ1) is 11.6. The Morgan fingerprint density at radius 1 is 1.19 bits per heavy atom. The summed E-state index contributed by atoms with van der Waals surface area (Å²) in [6.45, 7) is 0. The van der Waals surface area contributed by atoms with E-state index in [9.17, 15) is 13.0 Å². The molecule has 0 spiro atoms. The zero-order valence-corrected chi connectivity index (χ0v) is 11.0. The Kier molecular flexibility index (Phi) is 2.81. The van der Waals surface area contributed by atoms with Gasteiger partial charge in [0, 0.05) is 20.0 Å². The van der Waals surface area contributed by atoms with E-state index >= 15 is 0 Å². The standard InChI is InChI=1S/C10H8INO3S/c11-8-5-9(12)6-3-1-2-4-7(6)10(8)16(13,14)15/h1-5H,12H2,(H,13,14,15). The van der Waals surface area contributed by atoms with Gasteiger partial charge in [-0.25, -0.2) is 0 Å². The minimum absolute atomic E-state index is 0.0853. The van der Waals surface area contributed by atoms with E-state index in [-0.39, 0.29) is 4.90 Å². The number of hydrogen-bond acceptors (Lipinski definition) is 3. The van der Waals surface area contributed by atoms with Crippen molar-refractivity contribution in [3.63, 3.8) is 0 Å². The van der Waals surface area contributed by atoms with Crippen LogP contribution in [0.15, 0.2) is 35.2 Å². The maximum absolute atomic E-state index is 11.3. The van der Waals surface area contributed by atoms with Crippen LogP contribution in [0, 0.1) is 3.57 Å². The Labute approximate surface area is 106 Å². The van der Waals surface area contributed by atoms with Gasteiger partial charge in [-0.2, -0.15) is 8.42 Å². The van der Waals surface area contributed by atoms with Crippen LogP contribution in [0.2, 0.25) is 0 Å². The molecule has 0 aliphatic rings. The second kappa shape index (κ2) is 3.86. The number of benzene rings is 2. The van der Waals surface area contributed by atoms with Crippen LogP contribution in [-0.2, 0) is 10.1 Å². The van der Waals surface area contributed by atoms with E-state index < -0.39 is 10.1 Å². The number of halogens is 1. The third-order valence-electron chi connectivity index (χ3n) is 2.24. The average molecular weight is 349 g/mol. The highest BCUT2D eigenvalue weighted by Crippen LogP contribution is 2.31. The second-order valence-corrected chi connectivity index (χ2v) is 5.82. The normalized spacial score (nSPS) is 11.9. The summed E-state index contributed by atoms with van der Waals surface area (Å²) in [6.07, 6.45) is 0. The molecule has 0 aliphatic carbocycles. The molecular formula is C10H8INO3S. The first-order valence-electron chi connectivity index (χ1n) is 4.35. The topological polar surface area (TPSA) is 80.4 Å². The third kappa shape index (κ3) is 1.87. The molecule has 2 aromatic rings. The fraction of sp³-hybridized carbons (Fsp3) is 0. The summed E-state index contributed by atoms with van der Waals surface area (Å²) in [5, 5.41) is 1.06. The van der Waals surface area contributed by atoms with E-state index in [1.165, 1.54) is 6.07 Å². The fourth-order valence-corrected chi connectivity index (χ4v) is 3.83. The second-order valence-electron chi connectivity index (χ2n) is 3.30. The summed E-state index contributed by atoms with van der Waals surface area (Å²) < 4.78 is 32.2. The van der Waals surface area contributed by atoms with Crippen molar-refractivity contribution >= 4 is 49.2 Å². The largest absolute Gasteiger partial charge is 0.398 e. The van der Waals surface area contributed by atoms with Crippen molar-refractivity contribution in [2.24, 2.45) is 0 Å². The van der Waals surface area contributed by atoms with Crippen molar-refractivity contribution in [1.29, 1.82) is 0 Å². The summed E-state index contributed by atoms with van der Waals surface area (Å²) in [4.78, 5) is -0.0853. The molecule has 0 fully saturated rings. The number of fused-ring (bicyclic) bond motifs is 1. The lowest BCUT2D eigenvalue weighted by atomic mass is 10.1. The van der Waals surface area contributed by atoms with Crippen molar-refractivity contribution in [2.45, 2.75) is 4.90 Å². The van der Waals surface area contributed by atoms with Crippen LogP contribution in [0.5, 0.6) is 0 Å². The summed E-state index contributed by atoms with van der Waals surface area (Å²) in [6, 6.07) is 8.34. The Hall–Kier alpha value is -0.860. The monoisotopic (exact) mass is 349 g/mol. The van der Waals surface area contributed by atoms with Crippen molar-refractivity contribution in [3.8, 4) is 0 Å². The SMILES string of the molecule is Nc1cc(I)c(S(=O)(=O)O)c2ccccc12. The van der Waals surface area contributed by atoms with Crippen molar-refractivity contribution in [2.75, 3.05) is 5.73 Å². The van der Waals surface area contributed by atoms with E-state index in [4.69, 9.17) is 5.73 Å². The van der Waals surface area contributed by atoms with Crippen LogP contribution in [0.4, 0.5) is 5.69 Å². The molecule has 0 radical (unpaired) electrons. The molecular weight excluding hydrogens is 341 g/mol. The molecule has 0 aliphatic heterocycles. The maximum atomic E-state index is 11.3. The average Bonchev–Trinajstić information content (AvgIpc) is 2.15. The number of nitrogens with two attached hydrogens (primary N) is 1. The van der Waals surface area contributed by atoms with Gasteiger partial charge in [-0.05, 0) is 28.7 Å². The Bertz CT molecular complexity index is 667. The lowest BCUT2D eigenvalue weighted by molar-refractivity contribution is 0.483. The highest BCUT2D eigenvalue weighted by atomic mass is 127. The number of nitrogen functional groups attached to an aromatic ring is 1. The fourth-order valence-electron chi connectivity index (χ4n) is 1.60. The summed E-state index contributed by atoms with van der Waals surface area (Å²) in [5.74, 6) is 0. The minimum Gasteiger partial charge on any atom is -0.398 e. The molecule has 16 heavy (non-hydrogen) atoms. The van der Waals surface area contributed by atoms with E-state index in [1.807, 2.05) is 22.6 Å². The molecule has 2 aromatic carbocycles. The van der Waals surface area contributed by atoms with Crippen LogP contribution < -0.4 is 5.73 Å². The number of anilines is 1. The molecule has 0 amide bonds. The predicted octanol–water partition coefficient (Wildman–Crippen LogP) is 2.27. The molecule has 0 saturated carbocycles. The van der Waals surface area contributed by atoms with Crippen LogP contribution >= 0.6 is 22.6 Å². The molecule has 0 aromatic heterocycles. The molecule has 2 rings (SSSR count). The zero-order valence-electron chi connectivity index (χ0n) is 8.01. The Morgan fingerprint density at radius 2 is 1.75 bits per heavy atom. The lowest BCUT2D eigenvalue weighted by Crippen LogP contribution is -2.03. The van der Waals surface area contributed by atoms with Gasteiger partial charge in [0.1, 0.15) is 4.90 Å². The van der Waals surface area contributed by atoms with Gasteiger partial charge in [0.2, 0.25) is 0 Å². The van der Waals surface area contributed by atoms with Crippen molar-refractivity contribution in [1.82, 2.24) is 0 Å². The highest BCUT2D eigenvalue weighted by molar-refractivity contribution is 14.1. The van der Waals surface area contributed by atoms with Gasteiger partial charge in [-0.3, -0.25) is 4.55 Å². The smallest absolute Gasteiger partial charge is 0.296 e. The molecule has 84 valence electrons. The zero-order chi connectivity index (χ0) is 11.9. The summed E-state index contributed by atoms with van der Waals surface area (Å²) in [5.41, 5.74) is 6.28. The van der Waals surface area contributed by atoms with Gasteiger partial charge >= 0.3 is 0 Å². The molecule has 3 N–H and O–H groups in total. The Balaban J connectivity index is 3.05. The minimum atomic E-state index is -4.24. The van der Waals surface area contributed by atoms with Crippen LogP contribution in [0.3, 0.4) is 0 Å². The van der Waals surface area contributed by atoms with E-state index in [0.717, 1.165) is 0 Å². The van der Waals surface area contributed by atoms with Crippen molar-refractivity contribution < 1.29 is 13.0 Å². The summed E-state index contributed by atoms with van der Waals surface area (Å²) in [7, 11) is -4.24. The van der Waals surface area contributed by atoms with Crippen LogP contribution in [-0.4, -0.2) is 13.0 Å². The van der Waals surface area contributed by atoms with E-state index in [0.29, 0.717) is 20.0 Å². The van der Waals surface area contributed by atoms with E-state index in [1.54, 1.807) is 24.3 Å². The highest BCUT2D eigenvalue weighted by Gasteiger charge is 2.19. The van der Waals surface area contributed by atoms with Crippen molar-refractivity contribution in [3.05, 3.63) is 33.9 Å². The molecule has 0 bridgehead atoms. The Morgan fingerprint density at radius 3 is 2.31 bits per heavy atom. The van der Waals surface area contributed by atoms with Crippen LogP contribution in [0.25, 0.3) is 10.8 Å². The van der Waals surface area contributed by atoms with Gasteiger partial charge in [0.25, 0.3) is 10.1 Å². The van der Waals surface area contributed by atoms with Gasteiger partial charge in [-0.15, -0.1) is 0 Å². The van der Waals surface area contributed by atoms with Crippen LogP contribution in [0.1, 0.15) is 0 Å². The molecule has 0 saturated heterocycles. The predicted molar refractivity (Wildman–Crippen MR) is 70.9 cm³/mol. The van der Waals surface area contributed by atoms with Gasteiger partial charge in [0.15, 0.2) is 0 Å². The van der Waals surface area contributed by atoms with Gasteiger partial charge < -0.3 is 5.73 Å². The molecule has 0 heterocycles. The molecule has 0 atom stereocenters. The number of hydrogen-bond donors (Lipinski definition) is 2. The maximum Gasteiger partial charge on any atom is 0.296 e. The van der Waals surface area contributed by atoms with E-state index in [2.05, 4.69) is 0 Å². The first-order valence-corrected chi connectivity index (χ1v) is 6.87. The first-order chi connectivity index (χ1) is 7.41. The summed E-state index contributed by atoms with van der Waals surface area (Å²) >= 11 is 1.84.